The summed E-state index contributed by atoms with van der Waals surface area (Å²) in [5.74, 6) is 0.689. The molecule has 7 heteroatoms. The first-order valence-corrected chi connectivity index (χ1v) is 8.72. The van der Waals surface area contributed by atoms with Gasteiger partial charge >= 0.3 is 0 Å². The topological polar surface area (TPSA) is 78.8 Å². The number of rotatable bonds is 9. The molecule has 1 aromatic heterocycles. The van der Waals surface area contributed by atoms with Crippen LogP contribution in [0.25, 0.3) is 10.8 Å². The summed E-state index contributed by atoms with van der Waals surface area (Å²) in [5.41, 5.74) is 0.259. The van der Waals surface area contributed by atoms with E-state index in [-0.39, 0.29) is 11.5 Å². The number of amides is 1. The molecule has 1 amide bonds. The highest BCUT2D eigenvalue weighted by Gasteiger charge is 2.17. The molecule has 26 heavy (non-hydrogen) atoms. The van der Waals surface area contributed by atoms with E-state index in [0.717, 1.165) is 6.42 Å². The number of fused-ring (bicyclic) bond motifs is 1. The monoisotopic (exact) mass is 362 g/mol. The van der Waals surface area contributed by atoms with Gasteiger partial charge in [0.2, 0.25) is 0 Å². The van der Waals surface area contributed by atoms with Gasteiger partial charge in [-0.15, -0.1) is 0 Å². The number of pyridine rings is 1. The Hall–Kier alpha value is -2.54. The van der Waals surface area contributed by atoms with Gasteiger partial charge in [-0.2, -0.15) is 0 Å². The van der Waals surface area contributed by atoms with Crippen molar-refractivity contribution >= 4 is 16.7 Å². The molecular weight excluding hydrogens is 336 g/mol. The smallest absolute Gasteiger partial charge is 0.258 e. The summed E-state index contributed by atoms with van der Waals surface area (Å²) < 4.78 is 17.4. The van der Waals surface area contributed by atoms with Gasteiger partial charge in [-0.25, -0.2) is 0 Å². The van der Waals surface area contributed by atoms with Gasteiger partial charge in [0.25, 0.3) is 11.5 Å². The van der Waals surface area contributed by atoms with Gasteiger partial charge in [0.15, 0.2) is 11.5 Å². The van der Waals surface area contributed by atoms with Crippen LogP contribution in [-0.2, 0) is 11.3 Å². The number of methoxy groups -OCH3 is 2. The van der Waals surface area contributed by atoms with Crippen LogP contribution in [-0.4, -0.2) is 44.5 Å². The number of ether oxygens (including phenoxy) is 3. The number of nitrogens with zero attached hydrogens (tertiary/aromatic N) is 1. The van der Waals surface area contributed by atoms with E-state index in [0.29, 0.717) is 54.1 Å². The Labute approximate surface area is 152 Å². The van der Waals surface area contributed by atoms with Crippen molar-refractivity contribution in [2.75, 3.05) is 34.0 Å². The zero-order chi connectivity index (χ0) is 19.1. The number of hydrogen-bond donors (Lipinski definition) is 1. The summed E-state index contributed by atoms with van der Waals surface area (Å²) in [6, 6.07) is 3.29. The minimum atomic E-state index is -0.235. The Morgan fingerprint density at radius 1 is 1.12 bits per heavy atom. The zero-order valence-electron chi connectivity index (χ0n) is 15.8. The number of hydrogen-bond acceptors (Lipinski definition) is 5. The maximum Gasteiger partial charge on any atom is 0.258 e. The van der Waals surface area contributed by atoms with Crippen LogP contribution in [0.1, 0.15) is 30.6 Å². The van der Waals surface area contributed by atoms with Crippen LogP contribution >= 0.6 is 0 Å². The fourth-order valence-electron chi connectivity index (χ4n) is 2.75. The van der Waals surface area contributed by atoms with Crippen molar-refractivity contribution in [3.63, 3.8) is 0 Å². The van der Waals surface area contributed by atoms with Crippen LogP contribution in [0.15, 0.2) is 23.1 Å². The zero-order valence-corrected chi connectivity index (χ0v) is 15.8. The standard InChI is InChI=1S/C19H26N2O5/c1-5-21-12-15(18(22)20-8-7-9-26-6-2)13-10-16(24-3)17(25-4)11-14(13)19(21)23/h10-12H,5-9H2,1-4H3,(H,20,22). The predicted molar refractivity (Wildman–Crippen MR) is 100 cm³/mol. The first-order chi connectivity index (χ1) is 12.6. The van der Waals surface area contributed by atoms with Crippen LogP contribution in [0, 0.1) is 0 Å². The van der Waals surface area contributed by atoms with Gasteiger partial charge in [-0.3, -0.25) is 9.59 Å². The Morgan fingerprint density at radius 2 is 1.77 bits per heavy atom. The predicted octanol–water partition coefficient (Wildman–Crippen LogP) is 2.19. The maximum absolute atomic E-state index is 12.7. The molecule has 142 valence electrons. The molecule has 0 fully saturated rings. The van der Waals surface area contributed by atoms with E-state index in [4.69, 9.17) is 14.2 Å². The van der Waals surface area contributed by atoms with Crippen LogP contribution in [0.3, 0.4) is 0 Å². The third-order valence-corrected chi connectivity index (χ3v) is 4.13. The van der Waals surface area contributed by atoms with Gasteiger partial charge < -0.3 is 24.1 Å². The summed E-state index contributed by atoms with van der Waals surface area (Å²) in [4.78, 5) is 25.3. The molecule has 0 unspecified atom stereocenters. The van der Waals surface area contributed by atoms with E-state index in [2.05, 4.69) is 5.32 Å². The summed E-state index contributed by atoms with van der Waals surface area (Å²) in [6.07, 6.45) is 2.32. The van der Waals surface area contributed by atoms with Crippen molar-refractivity contribution in [1.82, 2.24) is 9.88 Å². The van der Waals surface area contributed by atoms with Crippen molar-refractivity contribution in [3.8, 4) is 11.5 Å². The van der Waals surface area contributed by atoms with E-state index < -0.39 is 0 Å². The summed E-state index contributed by atoms with van der Waals surface area (Å²) >= 11 is 0. The van der Waals surface area contributed by atoms with E-state index in [9.17, 15) is 9.59 Å². The first-order valence-electron chi connectivity index (χ1n) is 8.72. The molecule has 2 aromatic rings. The van der Waals surface area contributed by atoms with Crippen LogP contribution in [0.4, 0.5) is 0 Å². The van der Waals surface area contributed by atoms with Crippen molar-refractivity contribution < 1.29 is 19.0 Å². The molecule has 0 spiro atoms. The van der Waals surface area contributed by atoms with Crippen molar-refractivity contribution in [2.24, 2.45) is 0 Å². The Bertz CT molecular complexity index is 829. The molecule has 1 heterocycles. The second kappa shape index (κ2) is 9.24. The Morgan fingerprint density at radius 3 is 2.35 bits per heavy atom. The fourth-order valence-corrected chi connectivity index (χ4v) is 2.75. The minimum absolute atomic E-state index is 0.170. The lowest BCUT2D eigenvalue weighted by Crippen LogP contribution is -2.28. The van der Waals surface area contributed by atoms with Gasteiger partial charge in [0.1, 0.15) is 0 Å². The first kappa shape index (κ1) is 19.8. The highest BCUT2D eigenvalue weighted by Crippen LogP contribution is 2.32. The molecule has 1 aromatic carbocycles. The number of benzene rings is 1. The number of aromatic nitrogens is 1. The molecule has 0 aliphatic heterocycles. The SMILES string of the molecule is CCOCCCNC(=O)c1cn(CC)c(=O)c2cc(OC)c(OC)cc12. The Kier molecular flexibility index (Phi) is 7.03. The molecule has 0 saturated heterocycles. The average molecular weight is 362 g/mol. The third kappa shape index (κ3) is 4.16. The molecular formula is C19H26N2O5. The second-order valence-corrected chi connectivity index (χ2v) is 5.69. The van der Waals surface area contributed by atoms with Gasteiger partial charge in [0, 0.05) is 37.9 Å². The lowest BCUT2D eigenvalue weighted by atomic mass is 10.1. The lowest BCUT2D eigenvalue weighted by Gasteiger charge is -2.14. The highest BCUT2D eigenvalue weighted by atomic mass is 16.5. The van der Waals surface area contributed by atoms with E-state index in [1.54, 1.807) is 18.3 Å². The molecule has 7 nitrogen and oxygen atoms in total. The number of carbonyl (C=O) groups excluding carboxylic acids is 1. The molecule has 1 N–H and O–H groups in total. The largest absolute Gasteiger partial charge is 0.493 e. The van der Waals surface area contributed by atoms with Gasteiger partial charge in [0.05, 0.1) is 25.2 Å². The van der Waals surface area contributed by atoms with Gasteiger partial charge in [-0.05, 0) is 32.4 Å². The summed E-state index contributed by atoms with van der Waals surface area (Å²) in [7, 11) is 3.03. The van der Waals surface area contributed by atoms with E-state index in [1.165, 1.54) is 18.8 Å². The Balaban J connectivity index is 2.45. The molecule has 0 aliphatic rings. The molecule has 0 radical (unpaired) electrons. The molecule has 0 bridgehead atoms. The van der Waals surface area contributed by atoms with Crippen LogP contribution in [0.5, 0.6) is 11.5 Å². The summed E-state index contributed by atoms with van der Waals surface area (Å²) in [5, 5.41) is 3.84. The van der Waals surface area contributed by atoms with Crippen LogP contribution < -0.4 is 20.3 Å². The normalized spacial score (nSPS) is 10.8. The van der Waals surface area contributed by atoms with Gasteiger partial charge in [-0.1, -0.05) is 0 Å². The van der Waals surface area contributed by atoms with Crippen LogP contribution in [0.2, 0.25) is 0 Å². The number of nitrogens with one attached hydrogen (secondary N) is 1. The van der Waals surface area contributed by atoms with Crippen molar-refractivity contribution in [3.05, 3.63) is 34.2 Å². The quantitative estimate of drug-likeness (QED) is 0.692. The minimum Gasteiger partial charge on any atom is -0.493 e. The number of carbonyl (C=O) groups is 1. The molecule has 2 rings (SSSR count). The van der Waals surface area contributed by atoms with Crippen molar-refractivity contribution in [2.45, 2.75) is 26.8 Å². The van der Waals surface area contributed by atoms with E-state index in [1.807, 2.05) is 13.8 Å². The fraction of sp³-hybridized carbons (Fsp3) is 0.474. The third-order valence-electron chi connectivity index (χ3n) is 4.13. The molecule has 0 aliphatic carbocycles. The van der Waals surface area contributed by atoms with E-state index >= 15 is 0 Å². The highest BCUT2D eigenvalue weighted by molar-refractivity contribution is 6.07. The average Bonchev–Trinajstić information content (AvgIpc) is 2.67. The second-order valence-electron chi connectivity index (χ2n) is 5.69. The maximum atomic E-state index is 12.7. The molecule has 0 atom stereocenters. The molecule has 0 saturated carbocycles. The van der Waals surface area contributed by atoms with Crippen molar-refractivity contribution in [1.29, 1.82) is 0 Å². The summed E-state index contributed by atoms with van der Waals surface area (Å²) in [6.45, 7) is 6.00. The number of aryl methyl sites for hydroxylation is 1. The lowest BCUT2D eigenvalue weighted by molar-refractivity contribution is 0.0945.